The summed E-state index contributed by atoms with van der Waals surface area (Å²) in [5, 5.41) is 12.2. The average Bonchev–Trinajstić information content (AvgIpc) is 2.34. The molecule has 0 saturated heterocycles. The molecule has 0 aliphatic rings. The zero-order valence-electron chi connectivity index (χ0n) is 9.69. The second-order valence-electron chi connectivity index (χ2n) is 3.96. The Morgan fingerprint density at radius 1 is 1.44 bits per heavy atom. The van der Waals surface area contributed by atoms with Gasteiger partial charge < -0.3 is 10.4 Å². The number of hydrogen-bond acceptors (Lipinski definition) is 3. The van der Waals surface area contributed by atoms with Crippen molar-refractivity contribution in [3.05, 3.63) is 41.8 Å². The lowest BCUT2D eigenvalue weighted by atomic mass is 10.1. The van der Waals surface area contributed by atoms with Crippen molar-refractivity contribution < 1.29 is 14.3 Å². The first kappa shape index (κ1) is 12.4. The van der Waals surface area contributed by atoms with Crippen LogP contribution in [0.4, 0.5) is 4.39 Å². The topological polar surface area (TPSA) is 62.2 Å². The molecule has 0 aliphatic heterocycles. The van der Waals surface area contributed by atoms with Gasteiger partial charge >= 0.3 is 5.97 Å². The molecule has 0 aliphatic carbocycles. The lowest BCUT2D eigenvalue weighted by Gasteiger charge is -2.07. The third-order valence-electron chi connectivity index (χ3n) is 2.58. The van der Waals surface area contributed by atoms with Crippen molar-refractivity contribution >= 4 is 16.9 Å². The van der Waals surface area contributed by atoms with E-state index in [2.05, 4.69) is 10.3 Å². The zero-order chi connectivity index (χ0) is 13.0. The molecule has 2 rings (SSSR count). The number of rotatable bonds is 5. The molecule has 4 nitrogen and oxygen atoms in total. The molecule has 0 spiro atoms. The van der Waals surface area contributed by atoms with Gasteiger partial charge in [-0.1, -0.05) is 6.07 Å². The fraction of sp³-hybridized carbons (Fsp3) is 0.231. The quantitative estimate of drug-likeness (QED) is 0.794. The minimum atomic E-state index is -0.857. The Balaban J connectivity index is 2.14. The van der Waals surface area contributed by atoms with Crippen molar-refractivity contribution in [3.63, 3.8) is 0 Å². The monoisotopic (exact) mass is 248 g/mol. The molecule has 0 saturated carbocycles. The maximum atomic E-state index is 13.4. The Morgan fingerprint density at radius 3 is 3.06 bits per heavy atom. The van der Waals surface area contributed by atoms with Crippen molar-refractivity contribution in [2.24, 2.45) is 0 Å². The lowest BCUT2D eigenvalue weighted by molar-refractivity contribution is -0.136. The van der Waals surface area contributed by atoms with E-state index in [0.29, 0.717) is 13.1 Å². The summed E-state index contributed by atoms with van der Waals surface area (Å²) in [7, 11) is 0. The largest absolute Gasteiger partial charge is 0.481 e. The Morgan fingerprint density at radius 2 is 2.28 bits per heavy atom. The molecule has 1 aromatic carbocycles. The molecule has 5 heteroatoms. The average molecular weight is 248 g/mol. The second-order valence-corrected chi connectivity index (χ2v) is 3.96. The number of halogens is 1. The number of nitrogens with one attached hydrogen (secondary N) is 1. The predicted molar refractivity (Wildman–Crippen MR) is 65.7 cm³/mol. The molecular weight excluding hydrogens is 235 g/mol. The summed E-state index contributed by atoms with van der Waals surface area (Å²) in [5.74, 6) is -1.17. The van der Waals surface area contributed by atoms with Gasteiger partial charge in [-0.25, -0.2) is 4.39 Å². The van der Waals surface area contributed by atoms with Crippen molar-refractivity contribution in [2.75, 3.05) is 6.54 Å². The van der Waals surface area contributed by atoms with E-state index in [0.717, 1.165) is 16.5 Å². The number of aliphatic carboxylic acids is 1. The number of carboxylic acid groups (broad SMARTS) is 1. The van der Waals surface area contributed by atoms with Crippen LogP contribution in [0, 0.1) is 5.82 Å². The first-order valence-electron chi connectivity index (χ1n) is 5.62. The molecule has 0 unspecified atom stereocenters. The van der Waals surface area contributed by atoms with E-state index >= 15 is 0 Å². The van der Waals surface area contributed by atoms with Crippen LogP contribution in [0.5, 0.6) is 0 Å². The van der Waals surface area contributed by atoms with Gasteiger partial charge in [0.15, 0.2) is 0 Å². The molecule has 0 atom stereocenters. The van der Waals surface area contributed by atoms with Crippen LogP contribution in [0.3, 0.4) is 0 Å². The van der Waals surface area contributed by atoms with Crippen molar-refractivity contribution in [2.45, 2.75) is 13.0 Å². The van der Waals surface area contributed by atoms with Crippen LogP contribution in [0.25, 0.3) is 10.9 Å². The third kappa shape index (κ3) is 3.01. The predicted octanol–water partition coefficient (Wildman–Crippen LogP) is 1.94. The molecule has 1 heterocycles. The van der Waals surface area contributed by atoms with E-state index in [1.165, 1.54) is 12.1 Å². The maximum absolute atomic E-state index is 13.4. The number of carbonyl (C=O) groups is 1. The van der Waals surface area contributed by atoms with Gasteiger partial charge in [-0.3, -0.25) is 9.78 Å². The summed E-state index contributed by atoms with van der Waals surface area (Å²) in [6.07, 6.45) is 1.70. The van der Waals surface area contributed by atoms with Crippen molar-refractivity contribution in [1.29, 1.82) is 0 Å². The van der Waals surface area contributed by atoms with E-state index in [4.69, 9.17) is 5.11 Å². The molecular formula is C13H13FN2O2. The molecule has 1 aromatic heterocycles. The van der Waals surface area contributed by atoms with Crippen LogP contribution in [0.2, 0.25) is 0 Å². The minimum Gasteiger partial charge on any atom is -0.481 e. The van der Waals surface area contributed by atoms with Crippen LogP contribution >= 0.6 is 0 Å². The van der Waals surface area contributed by atoms with Gasteiger partial charge in [-0.2, -0.15) is 0 Å². The number of fused-ring (bicyclic) bond motifs is 1. The number of benzene rings is 1. The molecule has 0 fully saturated rings. The van der Waals surface area contributed by atoms with Gasteiger partial charge in [0.05, 0.1) is 11.9 Å². The standard InChI is InChI=1S/C13H13FN2O2/c14-11-6-9-2-1-4-16-13(9)10(7-11)8-15-5-3-12(17)18/h1-2,4,6-7,15H,3,5,8H2,(H,17,18). The summed E-state index contributed by atoms with van der Waals surface area (Å²) in [6.45, 7) is 0.749. The molecule has 0 radical (unpaired) electrons. The second kappa shape index (κ2) is 5.55. The Hall–Kier alpha value is -2.01. The smallest absolute Gasteiger partial charge is 0.304 e. The maximum Gasteiger partial charge on any atom is 0.304 e. The van der Waals surface area contributed by atoms with E-state index in [-0.39, 0.29) is 12.2 Å². The van der Waals surface area contributed by atoms with Crippen LogP contribution < -0.4 is 5.32 Å². The third-order valence-corrected chi connectivity index (χ3v) is 2.58. The van der Waals surface area contributed by atoms with E-state index < -0.39 is 5.97 Å². The highest BCUT2D eigenvalue weighted by Crippen LogP contribution is 2.18. The van der Waals surface area contributed by atoms with Crippen LogP contribution in [-0.4, -0.2) is 22.6 Å². The van der Waals surface area contributed by atoms with Crippen molar-refractivity contribution in [3.8, 4) is 0 Å². The van der Waals surface area contributed by atoms with E-state index in [1.54, 1.807) is 18.3 Å². The van der Waals surface area contributed by atoms with E-state index in [9.17, 15) is 9.18 Å². The zero-order valence-corrected chi connectivity index (χ0v) is 9.69. The number of carboxylic acids is 1. The highest BCUT2D eigenvalue weighted by Gasteiger charge is 2.05. The van der Waals surface area contributed by atoms with Gasteiger partial charge in [0.25, 0.3) is 0 Å². The Bertz CT molecular complexity index is 572. The summed E-state index contributed by atoms with van der Waals surface area (Å²) >= 11 is 0. The van der Waals surface area contributed by atoms with Gasteiger partial charge in [0.2, 0.25) is 0 Å². The highest BCUT2D eigenvalue weighted by molar-refractivity contribution is 5.81. The first-order chi connectivity index (χ1) is 8.66. The normalized spacial score (nSPS) is 10.7. The van der Waals surface area contributed by atoms with Gasteiger partial charge in [0.1, 0.15) is 5.82 Å². The van der Waals surface area contributed by atoms with E-state index in [1.807, 2.05) is 0 Å². The van der Waals surface area contributed by atoms with Crippen molar-refractivity contribution in [1.82, 2.24) is 10.3 Å². The Kier molecular flexibility index (Phi) is 3.84. The van der Waals surface area contributed by atoms with Gasteiger partial charge in [-0.15, -0.1) is 0 Å². The van der Waals surface area contributed by atoms with Crippen LogP contribution in [0.1, 0.15) is 12.0 Å². The van der Waals surface area contributed by atoms with Gasteiger partial charge in [-0.05, 0) is 23.8 Å². The molecule has 94 valence electrons. The number of aromatic nitrogens is 1. The number of hydrogen-bond donors (Lipinski definition) is 2. The molecule has 18 heavy (non-hydrogen) atoms. The van der Waals surface area contributed by atoms with Crippen LogP contribution in [0.15, 0.2) is 30.5 Å². The van der Waals surface area contributed by atoms with Crippen LogP contribution in [-0.2, 0) is 11.3 Å². The van der Waals surface area contributed by atoms with Gasteiger partial charge in [0, 0.05) is 24.7 Å². The first-order valence-corrected chi connectivity index (χ1v) is 5.62. The SMILES string of the molecule is O=C(O)CCNCc1cc(F)cc2cccnc12. The summed E-state index contributed by atoms with van der Waals surface area (Å²) in [6, 6.07) is 6.40. The lowest BCUT2D eigenvalue weighted by Crippen LogP contribution is -2.18. The Labute approximate surface area is 103 Å². The summed E-state index contributed by atoms with van der Waals surface area (Å²) in [4.78, 5) is 14.6. The fourth-order valence-corrected chi connectivity index (χ4v) is 1.78. The molecule has 2 N–H and O–H groups in total. The number of pyridine rings is 1. The fourth-order valence-electron chi connectivity index (χ4n) is 1.78. The summed E-state index contributed by atoms with van der Waals surface area (Å²) < 4.78 is 13.4. The highest BCUT2D eigenvalue weighted by atomic mass is 19.1. The minimum absolute atomic E-state index is 0.0423. The molecule has 0 bridgehead atoms. The molecule has 2 aromatic rings. The number of nitrogens with zero attached hydrogens (tertiary/aromatic N) is 1. The molecule has 0 amide bonds. The summed E-state index contributed by atoms with van der Waals surface area (Å²) in [5.41, 5.74) is 1.47.